The zero-order valence-electron chi connectivity index (χ0n) is 60.9. The second-order valence-electron chi connectivity index (χ2n) is 28.4. The fourth-order valence-corrected chi connectivity index (χ4v) is 12.7. The van der Waals surface area contributed by atoms with Gasteiger partial charge in [0, 0.05) is 25.7 Å². The monoisotopic (exact) mass is 1370 g/mol. The molecule has 17 nitrogen and oxygen atoms in total. The lowest BCUT2D eigenvalue weighted by atomic mass is 9.99. The molecule has 0 aromatic carbocycles. The summed E-state index contributed by atoms with van der Waals surface area (Å²) >= 11 is 0. The number of rotatable bonds is 71. The third-order valence-electron chi connectivity index (χ3n) is 17.4. The number of unbranched alkanes of at least 4 members (excludes halogenated alkanes) is 36. The van der Waals surface area contributed by atoms with Gasteiger partial charge in [0.2, 0.25) is 0 Å². The highest BCUT2D eigenvalue weighted by molar-refractivity contribution is 7.47. The molecule has 0 aromatic rings. The van der Waals surface area contributed by atoms with E-state index in [2.05, 4.69) is 55.4 Å². The summed E-state index contributed by atoms with van der Waals surface area (Å²) in [6.07, 6.45) is 47.3. The lowest BCUT2D eigenvalue weighted by Crippen LogP contribution is -2.30. The maximum Gasteiger partial charge on any atom is 0.472 e. The van der Waals surface area contributed by atoms with Crippen molar-refractivity contribution < 1.29 is 80.2 Å². The second kappa shape index (κ2) is 63.5. The molecule has 0 saturated heterocycles. The highest BCUT2D eigenvalue weighted by atomic mass is 31.2. The number of phosphoric acid groups is 2. The SMILES string of the molecule is CCC(C)CCCCCCCCCCCCC(=O)OC[C@H](COP(=O)(O)OCC(O)COP(=O)(O)OC[C@@H](COC(=O)CCCCCCCCCC(C)C)OC(=O)CCCCCCCCCCC(C)C)OC(=O)CCCCCCCCCCCCCCCCCC(C)C. The topological polar surface area (TPSA) is 237 Å². The first-order valence-electron chi connectivity index (χ1n) is 38.2. The summed E-state index contributed by atoms with van der Waals surface area (Å²) in [6, 6.07) is 0. The lowest BCUT2D eigenvalue weighted by molar-refractivity contribution is -0.161. The Morgan fingerprint density at radius 2 is 0.516 bits per heavy atom. The van der Waals surface area contributed by atoms with E-state index in [0.717, 1.165) is 114 Å². The summed E-state index contributed by atoms with van der Waals surface area (Å²) in [6.45, 7) is 14.1. The van der Waals surface area contributed by atoms with Crippen LogP contribution in [0, 0.1) is 23.7 Å². The molecule has 552 valence electrons. The maximum absolute atomic E-state index is 13.1. The van der Waals surface area contributed by atoms with E-state index in [1.54, 1.807) is 0 Å². The number of aliphatic hydroxyl groups excluding tert-OH is 1. The maximum atomic E-state index is 13.1. The number of hydrogen-bond acceptors (Lipinski definition) is 15. The first-order valence-corrected chi connectivity index (χ1v) is 41.2. The zero-order valence-corrected chi connectivity index (χ0v) is 62.7. The fourth-order valence-electron chi connectivity index (χ4n) is 11.2. The quantitative estimate of drug-likeness (QED) is 0.0222. The Bertz CT molecular complexity index is 1840. The van der Waals surface area contributed by atoms with E-state index < -0.39 is 97.5 Å². The molecule has 0 heterocycles. The third-order valence-corrected chi connectivity index (χ3v) is 19.3. The fraction of sp³-hybridized carbons (Fsp3) is 0.946. The van der Waals surface area contributed by atoms with Crippen LogP contribution in [0.3, 0.4) is 0 Å². The van der Waals surface area contributed by atoms with Crippen LogP contribution in [0.2, 0.25) is 0 Å². The Labute approximate surface area is 568 Å². The molecule has 0 aliphatic rings. The highest BCUT2D eigenvalue weighted by Crippen LogP contribution is 2.45. The van der Waals surface area contributed by atoms with Crippen molar-refractivity contribution >= 4 is 39.5 Å². The average molecular weight is 1370 g/mol. The van der Waals surface area contributed by atoms with Crippen molar-refractivity contribution in [2.24, 2.45) is 23.7 Å². The van der Waals surface area contributed by atoms with Crippen LogP contribution in [-0.2, 0) is 65.4 Å². The van der Waals surface area contributed by atoms with E-state index in [4.69, 9.17) is 37.0 Å². The number of carbonyl (C=O) groups is 4. The van der Waals surface area contributed by atoms with Gasteiger partial charge >= 0.3 is 39.5 Å². The van der Waals surface area contributed by atoms with Gasteiger partial charge in [0.05, 0.1) is 26.4 Å². The number of phosphoric ester groups is 2. The Morgan fingerprint density at radius 3 is 0.763 bits per heavy atom. The smallest absolute Gasteiger partial charge is 0.462 e. The first-order chi connectivity index (χ1) is 44.6. The minimum Gasteiger partial charge on any atom is -0.462 e. The predicted octanol–water partition coefficient (Wildman–Crippen LogP) is 21.3. The van der Waals surface area contributed by atoms with Crippen LogP contribution in [0.15, 0.2) is 0 Å². The predicted molar refractivity (Wildman–Crippen MR) is 377 cm³/mol. The molecule has 0 aliphatic heterocycles. The molecule has 0 amide bonds. The average Bonchev–Trinajstić information content (AvgIpc) is 3.22. The van der Waals surface area contributed by atoms with Crippen molar-refractivity contribution in [3.05, 3.63) is 0 Å². The van der Waals surface area contributed by atoms with Gasteiger partial charge < -0.3 is 33.8 Å². The number of esters is 4. The summed E-state index contributed by atoms with van der Waals surface area (Å²) < 4.78 is 68.4. The van der Waals surface area contributed by atoms with Gasteiger partial charge in [-0.05, 0) is 49.4 Å². The van der Waals surface area contributed by atoms with E-state index in [0.29, 0.717) is 31.6 Å². The summed E-state index contributed by atoms with van der Waals surface area (Å²) in [5.74, 6) is 0.910. The van der Waals surface area contributed by atoms with Crippen LogP contribution in [0.5, 0.6) is 0 Å². The van der Waals surface area contributed by atoms with Gasteiger partial charge in [-0.25, -0.2) is 9.13 Å². The molecular formula is C74H144O17P2. The highest BCUT2D eigenvalue weighted by Gasteiger charge is 2.30. The molecule has 0 radical (unpaired) electrons. The van der Waals surface area contributed by atoms with Gasteiger partial charge in [0.1, 0.15) is 19.3 Å². The Kier molecular flexibility index (Phi) is 62.2. The Hall–Kier alpha value is -1.94. The second-order valence-corrected chi connectivity index (χ2v) is 31.3. The van der Waals surface area contributed by atoms with Gasteiger partial charge in [-0.15, -0.1) is 0 Å². The normalized spacial score (nSPS) is 14.5. The van der Waals surface area contributed by atoms with E-state index >= 15 is 0 Å². The Morgan fingerprint density at radius 1 is 0.301 bits per heavy atom. The molecule has 6 atom stereocenters. The standard InChI is InChI=1S/C74H144O17P2/c1-9-67(8)53-45-37-29-20-17-18-21-30-38-46-54-71(76)84-60-69(90-73(78)56-48-40-31-22-16-14-12-10-11-13-15-19-26-34-42-50-64(2)3)62-88-92(80,81)86-58-68(75)59-87-93(82,83)89-63-70(61-85-72(77)55-47-39-33-25-28-36-44-52-66(6)7)91-74(79)57-49-41-32-24-23-27-35-43-51-65(4)5/h64-70,75H,9-63H2,1-8H3,(H,80,81)(H,82,83)/t67?,68?,69-,70-/m1/s1. The third kappa shape index (κ3) is 67.0. The van der Waals surface area contributed by atoms with Crippen molar-refractivity contribution in [2.75, 3.05) is 39.6 Å². The molecule has 0 bridgehead atoms. The molecule has 3 N–H and O–H groups in total. The molecule has 93 heavy (non-hydrogen) atoms. The van der Waals surface area contributed by atoms with Crippen LogP contribution in [0.4, 0.5) is 0 Å². The minimum atomic E-state index is -4.96. The van der Waals surface area contributed by atoms with Gasteiger partial charge in [-0.3, -0.25) is 37.3 Å². The number of ether oxygens (including phenoxy) is 4. The van der Waals surface area contributed by atoms with Gasteiger partial charge in [0.25, 0.3) is 0 Å². The number of carbonyl (C=O) groups excluding carboxylic acids is 4. The molecule has 0 rings (SSSR count). The molecular weight excluding hydrogens is 1220 g/mol. The largest absolute Gasteiger partial charge is 0.472 e. The van der Waals surface area contributed by atoms with Crippen LogP contribution in [-0.4, -0.2) is 96.7 Å². The summed E-state index contributed by atoms with van der Waals surface area (Å²) in [5, 5.41) is 10.6. The van der Waals surface area contributed by atoms with E-state index in [1.165, 1.54) is 167 Å². The molecule has 0 aromatic heterocycles. The van der Waals surface area contributed by atoms with Gasteiger partial charge in [0.15, 0.2) is 12.2 Å². The van der Waals surface area contributed by atoms with Gasteiger partial charge in [-0.2, -0.15) is 0 Å². The van der Waals surface area contributed by atoms with E-state index in [-0.39, 0.29) is 25.7 Å². The van der Waals surface area contributed by atoms with Crippen molar-refractivity contribution in [3.63, 3.8) is 0 Å². The van der Waals surface area contributed by atoms with Crippen molar-refractivity contribution in [3.8, 4) is 0 Å². The molecule has 19 heteroatoms. The molecule has 0 fully saturated rings. The number of aliphatic hydroxyl groups is 1. The van der Waals surface area contributed by atoms with Crippen molar-refractivity contribution in [1.29, 1.82) is 0 Å². The summed E-state index contributed by atoms with van der Waals surface area (Å²) in [4.78, 5) is 72.7. The Balaban J connectivity index is 5.24. The summed E-state index contributed by atoms with van der Waals surface area (Å²) in [5.41, 5.74) is 0. The van der Waals surface area contributed by atoms with Gasteiger partial charge in [-0.1, -0.05) is 319 Å². The van der Waals surface area contributed by atoms with Crippen LogP contribution in [0.25, 0.3) is 0 Å². The van der Waals surface area contributed by atoms with E-state index in [1.807, 2.05) is 0 Å². The number of hydrogen-bond donors (Lipinski definition) is 3. The van der Waals surface area contributed by atoms with Crippen molar-refractivity contribution in [2.45, 2.75) is 388 Å². The lowest BCUT2D eigenvalue weighted by Gasteiger charge is -2.21. The minimum absolute atomic E-state index is 0.103. The van der Waals surface area contributed by atoms with Crippen LogP contribution >= 0.6 is 15.6 Å². The van der Waals surface area contributed by atoms with Crippen molar-refractivity contribution in [1.82, 2.24) is 0 Å². The molecule has 0 aliphatic carbocycles. The van der Waals surface area contributed by atoms with E-state index in [9.17, 15) is 43.2 Å². The zero-order chi connectivity index (χ0) is 68.9. The molecule has 4 unspecified atom stereocenters. The molecule has 0 saturated carbocycles. The van der Waals surface area contributed by atoms with Crippen LogP contribution < -0.4 is 0 Å². The van der Waals surface area contributed by atoms with Crippen LogP contribution in [0.1, 0.15) is 370 Å². The summed E-state index contributed by atoms with van der Waals surface area (Å²) in [7, 11) is -9.91. The molecule has 0 spiro atoms. The first kappa shape index (κ1) is 91.1.